The van der Waals surface area contributed by atoms with Gasteiger partial charge in [0.2, 0.25) is 15.9 Å². The zero-order valence-corrected chi connectivity index (χ0v) is 13.8. The molecule has 0 saturated heterocycles. The van der Waals surface area contributed by atoms with Crippen LogP contribution in [-0.2, 0) is 10.0 Å². The number of nitrogens with one attached hydrogen (secondary N) is 2. The molecule has 0 radical (unpaired) electrons. The Balaban J connectivity index is 2.01. The van der Waals surface area contributed by atoms with Gasteiger partial charge in [0.1, 0.15) is 5.75 Å². The Morgan fingerprint density at radius 1 is 1.25 bits per heavy atom. The van der Waals surface area contributed by atoms with Gasteiger partial charge < -0.3 is 10.1 Å². The molecule has 0 bridgehead atoms. The molecule has 1 heterocycles. The number of pyridine rings is 1. The second kappa shape index (κ2) is 7.60. The SMILES string of the molecule is C=CCNC(=O)c1ccc(Oc2ccc(NS(C)(=O)=O)cc2)nc1. The molecule has 7 nitrogen and oxygen atoms in total. The van der Waals surface area contributed by atoms with Crippen molar-refractivity contribution in [2.45, 2.75) is 0 Å². The van der Waals surface area contributed by atoms with Crippen molar-refractivity contribution in [3.05, 3.63) is 60.8 Å². The number of benzene rings is 1. The summed E-state index contributed by atoms with van der Waals surface area (Å²) in [6.45, 7) is 3.90. The van der Waals surface area contributed by atoms with Crippen molar-refractivity contribution in [2.75, 3.05) is 17.5 Å². The molecule has 1 amide bonds. The fourth-order valence-electron chi connectivity index (χ4n) is 1.77. The topological polar surface area (TPSA) is 97.4 Å². The fourth-order valence-corrected chi connectivity index (χ4v) is 2.33. The predicted octanol–water partition coefficient (Wildman–Crippen LogP) is 2.16. The fraction of sp³-hybridized carbons (Fsp3) is 0.125. The molecule has 0 atom stereocenters. The summed E-state index contributed by atoms with van der Waals surface area (Å²) in [5.41, 5.74) is 0.851. The molecule has 1 aromatic carbocycles. The monoisotopic (exact) mass is 347 g/mol. The van der Waals surface area contributed by atoms with Crippen LogP contribution in [0.3, 0.4) is 0 Å². The number of carbonyl (C=O) groups is 1. The average molecular weight is 347 g/mol. The van der Waals surface area contributed by atoms with Crippen molar-refractivity contribution in [2.24, 2.45) is 0 Å². The van der Waals surface area contributed by atoms with Gasteiger partial charge in [-0.1, -0.05) is 6.08 Å². The Labute approximate surface area is 140 Å². The molecule has 126 valence electrons. The number of hydrogen-bond acceptors (Lipinski definition) is 5. The molecule has 2 N–H and O–H groups in total. The Bertz CT molecular complexity index is 815. The summed E-state index contributed by atoms with van der Waals surface area (Å²) >= 11 is 0. The number of nitrogens with zero attached hydrogens (tertiary/aromatic N) is 1. The average Bonchev–Trinajstić information content (AvgIpc) is 2.54. The first kappa shape index (κ1) is 17.5. The minimum atomic E-state index is -3.32. The van der Waals surface area contributed by atoms with Crippen molar-refractivity contribution in [3.63, 3.8) is 0 Å². The highest BCUT2D eigenvalue weighted by Crippen LogP contribution is 2.21. The number of amides is 1. The number of carbonyl (C=O) groups excluding carboxylic acids is 1. The van der Waals surface area contributed by atoms with E-state index >= 15 is 0 Å². The first-order valence-corrected chi connectivity index (χ1v) is 8.87. The maximum absolute atomic E-state index is 11.7. The second-order valence-corrected chi connectivity index (χ2v) is 6.63. The van der Waals surface area contributed by atoms with Crippen molar-refractivity contribution in [3.8, 4) is 11.6 Å². The number of sulfonamides is 1. The van der Waals surface area contributed by atoms with Crippen LogP contribution in [0.15, 0.2) is 55.3 Å². The van der Waals surface area contributed by atoms with E-state index in [-0.39, 0.29) is 5.91 Å². The van der Waals surface area contributed by atoms with Crippen LogP contribution in [0.25, 0.3) is 0 Å². The summed E-state index contributed by atoms with van der Waals surface area (Å²) in [4.78, 5) is 15.8. The number of ether oxygens (including phenoxy) is 1. The Kier molecular flexibility index (Phi) is 5.54. The standard InChI is InChI=1S/C16H17N3O4S/c1-3-10-17-16(20)12-4-9-15(18-11-12)23-14-7-5-13(6-8-14)19-24(2,21)22/h3-9,11,19H,1,10H2,2H3,(H,17,20). The second-order valence-electron chi connectivity index (χ2n) is 4.88. The third-order valence-corrected chi connectivity index (χ3v) is 3.39. The Morgan fingerprint density at radius 2 is 1.96 bits per heavy atom. The molecule has 1 aromatic heterocycles. The van der Waals surface area contributed by atoms with Crippen LogP contribution in [0.4, 0.5) is 5.69 Å². The summed E-state index contributed by atoms with van der Waals surface area (Å²) in [7, 11) is -3.32. The van der Waals surface area contributed by atoms with Gasteiger partial charge in [-0.2, -0.15) is 0 Å². The van der Waals surface area contributed by atoms with E-state index in [2.05, 4.69) is 21.6 Å². The molecule has 0 spiro atoms. The molecule has 0 aliphatic heterocycles. The summed E-state index contributed by atoms with van der Waals surface area (Å²) < 4.78 is 30.2. The van der Waals surface area contributed by atoms with E-state index < -0.39 is 10.0 Å². The van der Waals surface area contributed by atoms with Crippen LogP contribution < -0.4 is 14.8 Å². The molecule has 24 heavy (non-hydrogen) atoms. The van der Waals surface area contributed by atoms with E-state index in [1.165, 1.54) is 6.20 Å². The summed E-state index contributed by atoms with van der Waals surface area (Å²) in [6, 6.07) is 9.55. The van der Waals surface area contributed by atoms with Crippen LogP contribution in [0, 0.1) is 0 Å². The highest BCUT2D eigenvalue weighted by molar-refractivity contribution is 7.92. The van der Waals surface area contributed by atoms with Crippen molar-refractivity contribution in [1.29, 1.82) is 0 Å². The zero-order valence-electron chi connectivity index (χ0n) is 13.0. The van der Waals surface area contributed by atoms with Gasteiger partial charge in [-0.3, -0.25) is 9.52 Å². The molecular weight excluding hydrogens is 330 g/mol. The molecule has 0 aliphatic carbocycles. The van der Waals surface area contributed by atoms with Gasteiger partial charge >= 0.3 is 0 Å². The van der Waals surface area contributed by atoms with Gasteiger partial charge in [0.15, 0.2) is 0 Å². The number of anilines is 1. The van der Waals surface area contributed by atoms with E-state index in [1.54, 1.807) is 42.5 Å². The van der Waals surface area contributed by atoms with E-state index in [9.17, 15) is 13.2 Å². The molecule has 0 saturated carbocycles. The van der Waals surface area contributed by atoms with E-state index in [4.69, 9.17) is 4.74 Å². The molecule has 0 fully saturated rings. The lowest BCUT2D eigenvalue weighted by Crippen LogP contribution is -2.23. The van der Waals surface area contributed by atoms with Crippen molar-refractivity contribution in [1.82, 2.24) is 10.3 Å². The van der Waals surface area contributed by atoms with Crippen LogP contribution >= 0.6 is 0 Å². The Morgan fingerprint density at radius 3 is 2.50 bits per heavy atom. The van der Waals surface area contributed by atoms with E-state index in [1.807, 2.05) is 0 Å². The summed E-state index contributed by atoms with van der Waals surface area (Å²) in [6.07, 6.45) is 4.08. The highest BCUT2D eigenvalue weighted by Gasteiger charge is 2.06. The van der Waals surface area contributed by atoms with Gasteiger partial charge in [-0.15, -0.1) is 6.58 Å². The largest absolute Gasteiger partial charge is 0.439 e. The lowest BCUT2D eigenvalue weighted by molar-refractivity contribution is 0.0957. The smallest absolute Gasteiger partial charge is 0.253 e. The van der Waals surface area contributed by atoms with Gasteiger partial charge in [-0.25, -0.2) is 13.4 Å². The van der Waals surface area contributed by atoms with Crippen molar-refractivity contribution >= 4 is 21.6 Å². The van der Waals surface area contributed by atoms with Gasteiger partial charge in [-0.05, 0) is 30.3 Å². The van der Waals surface area contributed by atoms with Crippen LogP contribution in [0.5, 0.6) is 11.6 Å². The molecule has 8 heteroatoms. The molecule has 0 aliphatic rings. The van der Waals surface area contributed by atoms with Gasteiger partial charge in [0.05, 0.1) is 11.8 Å². The predicted molar refractivity (Wildman–Crippen MR) is 91.7 cm³/mol. The molecule has 0 unspecified atom stereocenters. The summed E-state index contributed by atoms with van der Waals surface area (Å²) in [5, 5.41) is 2.65. The maximum atomic E-state index is 11.7. The zero-order chi connectivity index (χ0) is 17.6. The number of aromatic nitrogens is 1. The number of rotatable bonds is 7. The lowest BCUT2D eigenvalue weighted by atomic mass is 10.2. The third kappa shape index (κ3) is 5.40. The van der Waals surface area contributed by atoms with Gasteiger partial charge in [0, 0.05) is 24.5 Å². The Hall–Kier alpha value is -2.87. The molecule has 2 rings (SSSR count). The van der Waals surface area contributed by atoms with Crippen molar-refractivity contribution < 1.29 is 17.9 Å². The highest BCUT2D eigenvalue weighted by atomic mass is 32.2. The van der Waals surface area contributed by atoms with Gasteiger partial charge in [0.25, 0.3) is 5.91 Å². The first-order chi connectivity index (χ1) is 11.4. The van der Waals surface area contributed by atoms with E-state index in [0.717, 1.165) is 6.26 Å². The van der Waals surface area contributed by atoms with Crippen LogP contribution in [0.1, 0.15) is 10.4 Å². The minimum absolute atomic E-state index is 0.245. The lowest BCUT2D eigenvalue weighted by Gasteiger charge is -2.07. The van der Waals surface area contributed by atoms with Crippen LogP contribution in [-0.4, -0.2) is 32.1 Å². The van der Waals surface area contributed by atoms with Crippen LogP contribution in [0.2, 0.25) is 0 Å². The molecule has 2 aromatic rings. The van der Waals surface area contributed by atoms with E-state index in [0.29, 0.717) is 29.4 Å². The minimum Gasteiger partial charge on any atom is -0.439 e. The molecular formula is C16H17N3O4S. The summed E-state index contributed by atoms with van der Waals surface area (Å²) in [5.74, 6) is 0.564. The number of hydrogen-bond donors (Lipinski definition) is 2. The first-order valence-electron chi connectivity index (χ1n) is 6.98. The maximum Gasteiger partial charge on any atom is 0.253 e. The third-order valence-electron chi connectivity index (χ3n) is 2.79. The quantitative estimate of drug-likeness (QED) is 0.748. The normalized spacial score (nSPS) is 10.7.